The van der Waals surface area contributed by atoms with E-state index in [9.17, 15) is 13.6 Å². The highest BCUT2D eigenvalue weighted by Crippen LogP contribution is 2.14. The monoisotopic (exact) mass is 208 g/mol. The first kappa shape index (κ1) is 9.93. The highest BCUT2D eigenvalue weighted by molar-refractivity contribution is 7.03. The molecule has 0 spiro atoms. The average Bonchev–Trinajstić information content (AvgIpc) is 2.57. The molecule has 0 aliphatic rings. The second-order valence-electron chi connectivity index (χ2n) is 2.15. The number of aromatic nitrogens is 2. The molecule has 3 N–H and O–H groups in total. The van der Waals surface area contributed by atoms with Gasteiger partial charge in [0.25, 0.3) is 5.91 Å². The number of nitrogens with one attached hydrogen (secondary N) is 1. The fraction of sp³-hybridized carbons (Fsp3) is 0.400. The predicted octanol–water partition coefficient (Wildman–Crippen LogP) is 0.0706. The maximum atomic E-state index is 12.6. The van der Waals surface area contributed by atoms with Crippen molar-refractivity contribution < 1.29 is 13.6 Å². The second-order valence-corrected chi connectivity index (χ2v) is 2.76. The van der Waals surface area contributed by atoms with Crippen molar-refractivity contribution in [2.45, 2.75) is 5.92 Å². The number of nitrogens with zero attached hydrogens (tertiary/aromatic N) is 2. The van der Waals surface area contributed by atoms with Crippen LogP contribution in [0.1, 0.15) is 0 Å². The molecule has 8 heteroatoms. The highest BCUT2D eigenvalue weighted by atomic mass is 32.1. The topological polar surface area (TPSA) is 80.9 Å². The van der Waals surface area contributed by atoms with E-state index in [0.29, 0.717) is 0 Å². The van der Waals surface area contributed by atoms with Crippen molar-refractivity contribution in [3.63, 3.8) is 0 Å². The summed E-state index contributed by atoms with van der Waals surface area (Å²) in [5, 5.41) is 6.59. The summed E-state index contributed by atoms with van der Waals surface area (Å²) in [4.78, 5) is 10.8. The summed E-state index contributed by atoms with van der Waals surface area (Å²) >= 11 is 0.948. The van der Waals surface area contributed by atoms with Crippen LogP contribution >= 0.6 is 11.5 Å². The molecule has 0 bridgehead atoms. The second kappa shape index (κ2) is 3.71. The molecule has 1 aromatic rings. The maximum absolute atomic E-state index is 12.6. The molecule has 13 heavy (non-hydrogen) atoms. The molecule has 0 saturated carbocycles. The Balaban J connectivity index is 2.61. The van der Waals surface area contributed by atoms with Gasteiger partial charge in [-0.15, -0.1) is 5.10 Å². The molecular weight excluding hydrogens is 202 g/mol. The number of amides is 1. The van der Waals surface area contributed by atoms with E-state index >= 15 is 0 Å². The van der Waals surface area contributed by atoms with Gasteiger partial charge in [-0.05, 0) is 11.5 Å². The number of hydrogen-bond acceptors (Lipinski definition) is 5. The molecule has 1 aromatic heterocycles. The zero-order chi connectivity index (χ0) is 9.90. The number of carbonyl (C=O) groups is 1. The number of alkyl halides is 2. The first-order valence-electron chi connectivity index (χ1n) is 3.22. The number of nitrogens with two attached hydrogens (primary N) is 1. The third-order valence-electron chi connectivity index (χ3n) is 1.19. The number of halogens is 2. The van der Waals surface area contributed by atoms with E-state index in [-0.39, 0.29) is 5.82 Å². The van der Waals surface area contributed by atoms with Crippen LogP contribution < -0.4 is 11.1 Å². The summed E-state index contributed by atoms with van der Waals surface area (Å²) in [6.07, 6.45) is 0. The van der Waals surface area contributed by atoms with Gasteiger partial charge >= 0.3 is 5.92 Å². The molecule has 0 saturated heterocycles. The summed E-state index contributed by atoms with van der Waals surface area (Å²) in [7, 11) is 0. The van der Waals surface area contributed by atoms with Gasteiger partial charge in [-0.3, -0.25) is 4.79 Å². The van der Waals surface area contributed by atoms with Gasteiger partial charge in [0.1, 0.15) is 0 Å². The molecule has 0 aliphatic heterocycles. The van der Waals surface area contributed by atoms with Crippen LogP contribution in [0.4, 0.5) is 14.6 Å². The van der Waals surface area contributed by atoms with E-state index in [4.69, 9.17) is 5.73 Å². The Morgan fingerprint density at radius 1 is 1.77 bits per heavy atom. The van der Waals surface area contributed by atoms with Gasteiger partial charge in [0.2, 0.25) is 0 Å². The molecule has 1 amide bonds. The van der Waals surface area contributed by atoms with Crippen LogP contribution in [-0.4, -0.2) is 28.0 Å². The number of hydrogen-bond donors (Lipinski definition) is 2. The summed E-state index contributed by atoms with van der Waals surface area (Å²) in [5.41, 5.74) is 4.69. The summed E-state index contributed by atoms with van der Waals surface area (Å²) in [6, 6.07) is 0. The molecule has 0 unspecified atom stereocenters. The van der Waals surface area contributed by atoms with Crippen molar-refractivity contribution in [2.24, 2.45) is 5.73 Å². The molecule has 0 atom stereocenters. The Hall–Kier alpha value is -1.15. The van der Waals surface area contributed by atoms with Gasteiger partial charge in [-0.1, -0.05) is 4.49 Å². The minimum Gasteiger partial charge on any atom is -0.325 e. The van der Waals surface area contributed by atoms with Crippen LogP contribution in [0.2, 0.25) is 0 Å². The zero-order valence-electron chi connectivity index (χ0n) is 6.33. The lowest BCUT2D eigenvalue weighted by Crippen LogP contribution is -2.41. The van der Waals surface area contributed by atoms with Gasteiger partial charge in [-0.2, -0.15) is 8.78 Å². The van der Waals surface area contributed by atoms with Gasteiger partial charge in [0.15, 0.2) is 5.82 Å². The average molecular weight is 208 g/mol. The van der Waals surface area contributed by atoms with Crippen molar-refractivity contribution in [3.05, 3.63) is 5.38 Å². The molecule has 1 heterocycles. The van der Waals surface area contributed by atoms with Crippen LogP contribution in [0.25, 0.3) is 0 Å². The Kier molecular flexibility index (Phi) is 2.83. The van der Waals surface area contributed by atoms with E-state index in [1.54, 1.807) is 0 Å². The highest BCUT2D eigenvalue weighted by Gasteiger charge is 2.37. The largest absolute Gasteiger partial charge is 0.336 e. The van der Waals surface area contributed by atoms with Crippen LogP contribution in [0.3, 0.4) is 0 Å². The smallest absolute Gasteiger partial charge is 0.325 e. The molecule has 1 rings (SSSR count). The number of rotatable bonds is 3. The fourth-order valence-corrected chi connectivity index (χ4v) is 0.908. The SMILES string of the molecule is NCC(F)(F)C(=O)Nc1csnn1. The molecule has 0 aromatic carbocycles. The molecule has 5 nitrogen and oxygen atoms in total. The number of carbonyl (C=O) groups excluding carboxylic acids is 1. The van der Waals surface area contributed by atoms with Crippen molar-refractivity contribution in [1.82, 2.24) is 9.59 Å². The van der Waals surface area contributed by atoms with E-state index in [2.05, 4.69) is 9.59 Å². The van der Waals surface area contributed by atoms with E-state index < -0.39 is 18.4 Å². The first-order chi connectivity index (χ1) is 6.06. The summed E-state index contributed by atoms with van der Waals surface area (Å²) in [6.45, 7) is -1.03. The van der Waals surface area contributed by atoms with Gasteiger partial charge in [-0.25, -0.2) is 0 Å². The lowest BCUT2D eigenvalue weighted by Gasteiger charge is -2.11. The summed E-state index contributed by atoms with van der Waals surface area (Å²) in [5.74, 6) is -5.03. The Morgan fingerprint density at radius 3 is 2.92 bits per heavy atom. The van der Waals surface area contributed by atoms with Crippen LogP contribution in [0.5, 0.6) is 0 Å². The minimum absolute atomic E-state index is 0.00289. The normalized spacial score (nSPS) is 11.3. The van der Waals surface area contributed by atoms with Gasteiger partial charge < -0.3 is 11.1 Å². The molecule has 0 fully saturated rings. The van der Waals surface area contributed by atoms with E-state index in [0.717, 1.165) is 11.5 Å². The first-order valence-corrected chi connectivity index (χ1v) is 4.06. The minimum atomic E-state index is -3.57. The molecule has 0 aliphatic carbocycles. The lowest BCUT2D eigenvalue weighted by atomic mass is 10.3. The fourth-order valence-electron chi connectivity index (χ4n) is 0.520. The van der Waals surface area contributed by atoms with Crippen LogP contribution in [0, 0.1) is 0 Å². The molecule has 0 radical (unpaired) electrons. The van der Waals surface area contributed by atoms with E-state index in [1.165, 1.54) is 5.38 Å². The lowest BCUT2D eigenvalue weighted by molar-refractivity contribution is -0.138. The zero-order valence-corrected chi connectivity index (χ0v) is 7.15. The van der Waals surface area contributed by atoms with Crippen LogP contribution in [-0.2, 0) is 4.79 Å². The molecule has 72 valence electrons. The van der Waals surface area contributed by atoms with Crippen LogP contribution in [0.15, 0.2) is 5.38 Å². The Morgan fingerprint density at radius 2 is 2.46 bits per heavy atom. The maximum Gasteiger partial charge on any atom is 0.336 e. The van der Waals surface area contributed by atoms with E-state index in [1.807, 2.05) is 5.32 Å². The summed E-state index contributed by atoms with van der Waals surface area (Å²) < 4.78 is 28.5. The van der Waals surface area contributed by atoms with Gasteiger partial charge in [0, 0.05) is 0 Å². The van der Waals surface area contributed by atoms with Gasteiger partial charge in [0.05, 0.1) is 11.9 Å². The predicted molar refractivity (Wildman–Crippen MR) is 42.5 cm³/mol. The third-order valence-corrected chi connectivity index (χ3v) is 1.69. The van der Waals surface area contributed by atoms with Crippen molar-refractivity contribution in [3.8, 4) is 0 Å². The van der Waals surface area contributed by atoms with Crippen molar-refractivity contribution in [2.75, 3.05) is 11.9 Å². The Bertz CT molecular complexity index is 289. The quantitative estimate of drug-likeness (QED) is 0.736. The number of anilines is 1. The Labute approximate surface area is 76.1 Å². The van der Waals surface area contributed by atoms with Crippen molar-refractivity contribution >= 4 is 23.3 Å². The molecular formula is C5H6F2N4OS. The standard InChI is InChI=1S/C5H6F2N4OS/c6-5(7,2-8)4(12)9-3-1-13-11-10-3/h1H,2,8H2,(H,9,12). The third kappa shape index (κ3) is 2.39. The van der Waals surface area contributed by atoms with Crippen molar-refractivity contribution in [1.29, 1.82) is 0 Å².